The van der Waals surface area contributed by atoms with Crippen LogP contribution in [0.4, 0.5) is 0 Å². The largest absolute Gasteiger partial charge is 0.480 e. The number of carboxylic acids is 1. The molecule has 8 nitrogen and oxygen atoms in total. The number of pyridine rings is 1. The van der Waals surface area contributed by atoms with Gasteiger partial charge in [0.25, 0.3) is 5.91 Å². The zero-order valence-corrected chi connectivity index (χ0v) is 11.5. The monoisotopic (exact) mass is 295 g/mol. The van der Waals surface area contributed by atoms with Gasteiger partial charge in [-0.3, -0.25) is 14.6 Å². The summed E-state index contributed by atoms with van der Waals surface area (Å²) in [6.45, 7) is 0.172. The Morgan fingerprint density at radius 2 is 2.19 bits per heavy atom. The van der Waals surface area contributed by atoms with E-state index in [9.17, 15) is 14.4 Å². The second kappa shape index (κ2) is 7.95. The lowest BCUT2D eigenvalue weighted by Crippen LogP contribution is -2.41. The van der Waals surface area contributed by atoms with Gasteiger partial charge in [0.05, 0.1) is 12.8 Å². The maximum Gasteiger partial charge on any atom is 0.326 e. The Kier molecular flexibility index (Phi) is 6.28. The van der Waals surface area contributed by atoms with Crippen molar-refractivity contribution in [3.63, 3.8) is 0 Å². The zero-order chi connectivity index (χ0) is 15.8. The van der Waals surface area contributed by atoms with Crippen LogP contribution >= 0.6 is 0 Å². The van der Waals surface area contributed by atoms with Crippen molar-refractivity contribution in [3.05, 3.63) is 29.6 Å². The molecule has 0 saturated heterocycles. The number of rotatable bonds is 7. The molecule has 0 radical (unpaired) electrons. The van der Waals surface area contributed by atoms with Crippen LogP contribution in [-0.4, -0.2) is 41.1 Å². The highest BCUT2D eigenvalue weighted by atomic mass is 16.5. The lowest BCUT2D eigenvalue weighted by Gasteiger charge is -2.14. The van der Waals surface area contributed by atoms with E-state index in [-0.39, 0.29) is 24.9 Å². The third-order valence-electron chi connectivity index (χ3n) is 2.76. The topological polar surface area (TPSA) is 132 Å². The standard InChI is InChI=1S/C13H17N3O5/c1-21-11(17)3-2-10(13(19)20)16-12(18)8-4-5-15-9(6-8)7-14/h4-6,10H,2-3,7,14H2,1H3,(H,16,18)(H,19,20)/t10-/m1/s1. The number of carbonyl (C=O) groups is 3. The van der Waals surface area contributed by atoms with Gasteiger partial charge < -0.3 is 20.9 Å². The van der Waals surface area contributed by atoms with Crippen molar-refractivity contribution in [3.8, 4) is 0 Å². The van der Waals surface area contributed by atoms with E-state index < -0.39 is 23.9 Å². The third kappa shape index (κ3) is 5.19. The van der Waals surface area contributed by atoms with Gasteiger partial charge in [-0.05, 0) is 18.6 Å². The molecule has 8 heteroatoms. The van der Waals surface area contributed by atoms with Crippen LogP contribution < -0.4 is 11.1 Å². The van der Waals surface area contributed by atoms with Crippen LogP contribution in [0.25, 0.3) is 0 Å². The number of hydrogen-bond donors (Lipinski definition) is 3. The van der Waals surface area contributed by atoms with E-state index >= 15 is 0 Å². The molecule has 0 aliphatic heterocycles. The van der Waals surface area contributed by atoms with Gasteiger partial charge >= 0.3 is 11.9 Å². The quantitative estimate of drug-likeness (QED) is 0.587. The maximum atomic E-state index is 12.0. The summed E-state index contributed by atoms with van der Waals surface area (Å²) in [6, 6.07) is 1.76. The lowest BCUT2D eigenvalue weighted by atomic mass is 10.1. The van der Waals surface area contributed by atoms with Gasteiger partial charge in [0, 0.05) is 24.7 Å². The summed E-state index contributed by atoms with van der Waals surface area (Å²) in [4.78, 5) is 38.0. The number of ether oxygens (including phenoxy) is 1. The Morgan fingerprint density at radius 1 is 1.48 bits per heavy atom. The van der Waals surface area contributed by atoms with Gasteiger partial charge in [0.1, 0.15) is 6.04 Å². The Morgan fingerprint density at radius 3 is 2.76 bits per heavy atom. The Balaban J connectivity index is 2.71. The Labute approximate surface area is 121 Å². The second-order valence-corrected chi connectivity index (χ2v) is 4.22. The Bertz CT molecular complexity index is 532. The molecule has 1 rings (SSSR count). The van der Waals surface area contributed by atoms with Crippen LogP contribution in [-0.2, 0) is 20.9 Å². The van der Waals surface area contributed by atoms with E-state index in [4.69, 9.17) is 10.8 Å². The molecule has 0 unspecified atom stereocenters. The van der Waals surface area contributed by atoms with Crippen molar-refractivity contribution in [2.75, 3.05) is 7.11 Å². The van der Waals surface area contributed by atoms with Gasteiger partial charge in [-0.25, -0.2) is 4.79 Å². The van der Waals surface area contributed by atoms with E-state index in [2.05, 4.69) is 15.0 Å². The lowest BCUT2D eigenvalue weighted by molar-refractivity contribution is -0.142. The average molecular weight is 295 g/mol. The van der Waals surface area contributed by atoms with Crippen molar-refractivity contribution < 1.29 is 24.2 Å². The number of nitrogens with two attached hydrogens (primary N) is 1. The number of hydrogen-bond acceptors (Lipinski definition) is 6. The predicted octanol–water partition coefficient (Wildman–Crippen LogP) is -0.323. The Hall–Kier alpha value is -2.48. The molecule has 4 N–H and O–H groups in total. The molecule has 1 heterocycles. The number of carbonyl (C=O) groups excluding carboxylic acids is 2. The number of nitrogens with one attached hydrogen (secondary N) is 1. The average Bonchev–Trinajstić information content (AvgIpc) is 2.50. The molecule has 1 aromatic rings. The highest BCUT2D eigenvalue weighted by molar-refractivity contribution is 5.96. The van der Waals surface area contributed by atoms with Crippen molar-refractivity contribution in [2.45, 2.75) is 25.4 Å². The van der Waals surface area contributed by atoms with E-state index in [1.807, 2.05) is 0 Å². The van der Waals surface area contributed by atoms with Crippen molar-refractivity contribution >= 4 is 17.8 Å². The first-order valence-corrected chi connectivity index (χ1v) is 6.23. The smallest absolute Gasteiger partial charge is 0.326 e. The number of nitrogens with zero attached hydrogens (tertiary/aromatic N) is 1. The van der Waals surface area contributed by atoms with E-state index in [1.54, 1.807) is 0 Å². The molecule has 0 saturated carbocycles. The van der Waals surface area contributed by atoms with Crippen LogP contribution in [0.2, 0.25) is 0 Å². The van der Waals surface area contributed by atoms with Gasteiger partial charge in [-0.15, -0.1) is 0 Å². The molecule has 1 aromatic heterocycles. The summed E-state index contributed by atoms with van der Waals surface area (Å²) >= 11 is 0. The number of aromatic nitrogens is 1. The van der Waals surface area contributed by atoms with Gasteiger partial charge in [-0.1, -0.05) is 0 Å². The summed E-state index contributed by atoms with van der Waals surface area (Å²) in [5.74, 6) is -2.32. The molecular weight excluding hydrogens is 278 g/mol. The molecule has 0 bridgehead atoms. The molecule has 114 valence electrons. The third-order valence-corrected chi connectivity index (χ3v) is 2.76. The fourth-order valence-corrected chi connectivity index (χ4v) is 1.59. The number of amides is 1. The van der Waals surface area contributed by atoms with Gasteiger partial charge in [0.2, 0.25) is 0 Å². The first-order chi connectivity index (χ1) is 9.97. The van der Waals surface area contributed by atoms with Gasteiger partial charge in [0.15, 0.2) is 0 Å². The molecule has 0 aromatic carbocycles. The number of methoxy groups -OCH3 is 1. The summed E-state index contributed by atoms with van der Waals surface area (Å²) in [6.07, 6.45) is 1.27. The molecule has 1 amide bonds. The first-order valence-electron chi connectivity index (χ1n) is 6.23. The summed E-state index contributed by atoms with van der Waals surface area (Å²) in [5, 5.41) is 11.4. The minimum absolute atomic E-state index is 0.0530. The molecular formula is C13H17N3O5. The van der Waals surface area contributed by atoms with E-state index in [1.165, 1.54) is 25.4 Å². The summed E-state index contributed by atoms with van der Waals surface area (Å²) < 4.78 is 4.43. The minimum Gasteiger partial charge on any atom is -0.480 e. The fraction of sp³-hybridized carbons (Fsp3) is 0.385. The molecule has 0 aliphatic carbocycles. The van der Waals surface area contributed by atoms with Crippen molar-refractivity contribution in [1.82, 2.24) is 10.3 Å². The fourth-order valence-electron chi connectivity index (χ4n) is 1.59. The van der Waals surface area contributed by atoms with E-state index in [0.29, 0.717) is 5.69 Å². The van der Waals surface area contributed by atoms with Crippen LogP contribution in [0.5, 0.6) is 0 Å². The molecule has 1 atom stereocenters. The van der Waals surface area contributed by atoms with Crippen molar-refractivity contribution in [1.29, 1.82) is 0 Å². The second-order valence-electron chi connectivity index (χ2n) is 4.22. The predicted molar refractivity (Wildman–Crippen MR) is 72.3 cm³/mol. The summed E-state index contributed by atoms with van der Waals surface area (Å²) in [7, 11) is 1.21. The van der Waals surface area contributed by atoms with Gasteiger partial charge in [-0.2, -0.15) is 0 Å². The first kappa shape index (κ1) is 16.6. The van der Waals surface area contributed by atoms with Crippen LogP contribution in [0.15, 0.2) is 18.3 Å². The minimum atomic E-state index is -1.22. The van der Waals surface area contributed by atoms with Crippen LogP contribution in [0.3, 0.4) is 0 Å². The van der Waals surface area contributed by atoms with Crippen LogP contribution in [0, 0.1) is 0 Å². The van der Waals surface area contributed by atoms with Crippen molar-refractivity contribution in [2.24, 2.45) is 5.73 Å². The molecule has 21 heavy (non-hydrogen) atoms. The van der Waals surface area contributed by atoms with E-state index in [0.717, 1.165) is 0 Å². The summed E-state index contributed by atoms with van der Waals surface area (Å²) in [5.41, 5.74) is 6.20. The highest BCUT2D eigenvalue weighted by Gasteiger charge is 2.22. The number of esters is 1. The molecule has 0 aliphatic rings. The van der Waals surface area contributed by atoms with Crippen LogP contribution in [0.1, 0.15) is 28.9 Å². The maximum absolute atomic E-state index is 12.0. The SMILES string of the molecule is COC(=O)CC[C@@H](NC(=O)c1ccnc(CN)c1)C(=O)O. The highest BCUT2D eigenvalue weighted by Crippen LogP contribution is 2.05. The zero-order valence-electron chi connectivity index (χ0n) is 11.5. The molecule has 0 spiro atoms. The normalized spacial score (nSPS) is 11.5. The molecule has 0 fully saturated rings. The number of carboxylic acid groups (broad SMARTS) is 1. The number of aliphatic carboxylic acids is 1.